The van der Waals surface area contributed by atoms with Gasteiger partial charge in [0.15, 0.2) is 5.65 Å². The van der Waals surface area contributed by atoms with E-state index in [4.69, 9.17) is 9.72 Å². The molecule has 40 heavy (non-hydrogen) atoms. The lowest BCUT2D eigenvalue weighted by Crippen LogP contribution is -2.36. The number of halogens is 1. The second kappa shape index (κ2) is 11.2. The maximum absolute atomic E-state index is 14.1. The zero-order valence-electron chi connectivity index (χ0n) is 24.3. The molecule has 2 amide bonds. The van der Waals surface area contributed by atoms with E-state index >= 15 is 0 Å². The Bertz CT molecular complexity index is 1410. The summed E-state index contributed by atoms with van der Waals surface area (Å²) in [5.41, 5.74) is 8.10. The highest BCUT2D eigenvalue weighted by Crippen LogP contribution is 2.39. The van der Waals surface area contributed by atoms with Gasteiger partial charge >= 0.3 is 6.03 Å². The molecule has 3 atom stereocenters. The molecule has 2 unspecified atom stereocenters. The molecule has 0 aliphatic carbocycles. The van der Waals surface area contributed by atoms with E-state index in [1.807, 2.05) is 6.92 Å². The van der Waals surface area contributed by atoms with E-state index < -0.39 is 5.15 Å². The number of anilines is 2. The Balaban J connectivity index is 1.48. The topological polar surface area (TPSA) is 62.1 Å². The number of likely N-dealkylation sites (tertiary alicyclic amines) is 1. The summed E-state index contributed by atoms with van der Waals surface area (Å²) in [6.45, 7) is 14.9. The van der Waals surface area contributed by atoms with E-state index in [0.717, 1.165) is 64.5 Å². The number of rotatable bonds is 5. The van der Waals surface area contributed by atoms with Crippen LogP contribution in [0.5, 0.6) is 0 Å². The molecule has 0 saturated carbocycles. The number of carbonyl (C=O) groups excluding carboxylic acids is 1. The van der Waals surface area contributed by atoms with E-state index in [-0.39, 0.29) is 17.4 Å². The number of aryl methyl sites for hydroxylation is 2. The number of imidazole rings is 1. The van der Waals surface area contributed by atoms with E-state index in [1.165, 1.54) is 0 Å². The Labute approximate surface area is 241 Å². The summed E-state index contributed by atoms with van der Waals surface area (Å²) in [5, 5.41) is 1.76. The number of hydrogen-bond donors (Lipinski definition) is 1. The first-order valence-corrected chi connectivity index (χ1v) is 15.2. The average Bonchev–Trinajstić information content (AvgIpc) is 3.52. The number of carbonyl (C=O) groups is 1. The number of pyridine rings is 1. The SMILES string of the molecule is Cc1cc(C)c(-c2cc(N3CCOCC3)c3nc(C(C)(C)C)cn3c2)cc1NC(=O)N1CC[C@@H](CC(F)(P)P)C1. The van der Waals surface area contributed by atoms with Crippen molar-refractivity contribution in [2.75, 3.05) is 49.6 Å². The number of nitrogens with zero attached hydrogens (tertiary/aromatic N) is 4. The van der Waals surface area contributed by atoms with Crippen molar-refractivity contribution in [1.82, 2.24) is 14.3 Å². The molecule has 0 radical (unpaired) electrons. The molecule has 2 aliphatic rings. The van der Waals surface area contributed by atoms with Crippen LogP contribution in [-0.4, -0.2) is 64.9 Å². The van der Waals surface area contributed by atoms with Crippen LogP contribution in [0.3, 0.4) is 0 Å². The van der Waals surface area contributed by atoms with Crippen molar-refractivity contribution >= 4 is 41.5 Å². The Kier molecular flexibility index (Phi) is 8.18. The third kappa shape index (κ3) is 6.45. The number of aromatic nitrogens is 2. The summed E-state index contributed by atoms with van der Waals surface area (Å²) in [5.74, 6) is 0.152. The summed E-state index contributed by atoms with van der Waals surface area (Å²) >= 11 is 0. The standard InChI is InChI=1S/C30H42FN5O2P2/c1-19-12-20(2)24(32-28(37)35-7-6-21(16-35)15-30(31,39)40)14-23(19)22-13-25(34-8-10-38-11-9-34)27-33-26(29(3,4)5)18-36(27)17-22/h12-14,17-18,21H,6-11,15-16,39-40H2,1-5H3,(H,32,37)/t21-/m0/s1. The first kappa shape index (κ1) is 29.2. The number of hydrogen-bond acceptors (Lipinski definition) is 4. The van der Waals surface area contributed by atoms with Crippen molar-refractivity contribution in [1.29, 1.82) is 0 Å². The quantitative estimate of drug-likeness (QED) is 0.354. The van der Waals surface area contributed by atoms with Crippen molar-refractivity contribution in [3.63, 3.8) is 0 Å². The minimum absolute atomic E-state index is 0.0715. The fraction of sp³-hybridized carbons (Fsp3) is 0.533. The van der Waals surface area contributed by atoms with E-state index in [9.17, 15) is 9.18 Å². The second-order valence-electron chi connectivity index (χ2n) is 12.5. The summed E-state index contributed by atoms with van der Waals surface area (Å²) in [6.07, 6.45) is 5.49. The first-order valence-electron chi connectivity index (χ1n) is 14.1. The lowest BCUT2D eigenvalue weighted by Gasteiger charge is -2.29. The smallest absolute Gasteiger partial charge is 0.321 e. The Hall–Kier alpha value is -2.27. The molecule has 2 fully saturated rings. The average molecular weight is 586 g/mol. The Morgan fingerprint density at radius 2 is 1.82 bits per heavy atom. The molecule has 1 N–H and O–H groups in total. The molecule has 10 heteroatoms. The van der Waals surface area contributed by atoms with Crippen LogP contribution in [0.25, 0.3) is 16.8 Å². The molecule has 1 aromatic carbocycles. The van der Waals surface area contributed by atoms with Crippen LogP contribution in [0.15, 0.2) is 30.6 Å². The minimum atomic E-state index is -1.39. The van der Waals surface area contributed by atoms with Crippen molar-refractivity contribution < 1.29 is 13.9 Å². The molecule has 0 spiro atoms. The normalized spacial score (nSPS) is 18.6. The summed E-state index contributed by atoms with van der Waals surface area (Å²) in [7, 11) is 4.48. The van der Waals surface area contributed by atoms with Gasteiger partial charge in [0.2, 0.25) is 0 Å². The Morgan fingerprint density at radius 3 is 2.50 bits per heavy atom. The highest BCUT2D eigenvalue weighted by Gasteiger charge is 2.31. The molecular formula is C30H42FN5O2P2. The maximum Gasteiger partial charge on any atom is 0.321 e. The second-order valence-corrected chi connectivity index (χ2v) is 15.1. The third-order valence-corrected chi connectivity index (χ3v) is 8.42. The van der Waals surface area contributed by atoms with Gasteiger partial charge in [0.05, 0.1) is 24.6 Å². The van der Waals surface area contributed by atoms with Gasteiger partial charge in [-0.1, -0.05) is 45.3 Å². The van der Waals surface area contributed by atoms with Crippen LogP contribution in [0.4, 0.5) is 20.6 Å². The third-order valence-electron chi connectivity index (χ3n) is 7.95. The van der Waals surface area contributed by atoms with Crippen molar-refractivity contribution in [3.05, 3.63) is 47.4 Å². The van der Waals surface area contributed by atoms with E-state index in [0.29, 0.717) is 32.7 Å². The molecule has 2 saturated heterocycles. The van der Waals surface area contributed by atoms with Gasteiger partial charge in [-0.3, -0.25) is 0 Å². The highest BCUT2D eigenvalue weighted by molar-refractivity contribution is 7.39. The fourth-order valence-electron chi connectivity index (χ4n) is 5.74. The van der Waals surface area contributed by atoms with Crippen LogP contribution in [-0.2, 0) is 10.2 Å². The van der Waals surface area contributed by atoms with Crippen LogP contribution in [0, 0.1) is 19.8 Å². The predicted molar refractivity (Wildman–Crippen MR) is 168 cm³/mol. The molecular weight excluding hydrogens is 543 g/mol. The minimum Gasteiger partial charge on any atom is -0.378 e. The van der Waals surface area contributed by atoms with Crippen LogP contribution >= 0.6 is 18.5 Å². The predicted octanol–water partition coefficient (Wildman–Crippen LogP) is 6.37. The van der Waals surface area contributed by atoms with E-state index in [2.05, 4.69) is 91.4 Å². The van der Waals surface area contributed by atoms with Crippen LogP contribution < -0.4 is 10.2 Å². The molecule has 7 nitrogen and oxygen atoms in total. The lowest BCUT2D eigenvalue weighted by atomic mass is 9.93. The van der Waals surface area contributed by atoms with Gasteiger partial charge < -0.3 is 24.3 Å². The summed E-state index contributed by atoms with van der Waals surface area (Å²) in [6, 6.07) is 6.31. The zero-order valence-corrected chi connectivity index (χ0v) is 26.6. The van der Waals surface area contributed by atoms with E-state index in [1.54, 1.807) is 4.90 Å². The first-order chi connectivity index (χ1) is 18.8. The monoisotopic (exact) mass is 585 g/mol. The van der Waals surface area contributed by atoms with Crippen molar-refractivity contribution in [3.8, 4) is 11.1 Å². The number of fused-ring (bicyclic) bond motifs is 1. The largest absolute Gasteiger partial charge is 0.378 e. The van der Waals surface area contributed by atoms with Gasteiger partial charge in [-0.05, 0) is 61.4 Å². The lowest BCUT2D eigenvalue weighted by molar-refractivity contribution is 0.123. The molecule has 2 aliphatic heterocycles. The summed E-state index contributed by atoms with van der Waals surface area (Å²) in [4.78, 5) is 22.4. The number of alkyl halides is 1. The molecule has 5 rings (SSSR count). The number of nitrogens with one attached hydrogen (secondary N) is 1. The Morgan fingerprint density at radius 1 is 1.10 bits per heavy atom. The fourth-order valence-corrected chi connectivity index (χ4v) is 6.41. The molecule has 2 aromatic heterocycles. The van der Waals surface area contributed by atoms with Crippen molar-refractivity contribution in [2.45, 2.75) is 58.0 Å². The number of morpholine rings is 1. The summed E-state index contributed by atoms with van der Waals surface area (Å²) < 4.78 is 21.9. The van der Waals surface area contributed by atoms with Gasteiger partial charge in [-0.2, -0.15) is 0 Å². The van der Waals surface area contributed by atoms with Gasteiger partial charge in [-0.25, -0.2) is 14.2 Å². The molecule has 216 valence electrons. The van der Waals surface area contributed by atoms with Gasteiger partial charge in [0.25, 0.3) is 0 Å². The number of urea groups is 1. The van der Waals surface area contributed by atoms with Crippen LogP contribution in [0.2, 0.25) is 0 Å². The van der Waals surface area contributed by atoms with Crippen molar-refractivity contribution in [2.24, 2.45) is 5.92 Å². The van der Waals surface area contributed by atoms with Gasteiger partial charge in [0, 0.05) is 55.2 Å². The molecule has 0 bridgehead atoms. The number of benzene rings is 1. The molecule has 3 aromatic rings. The number of amides is 2. The van der Waals surface area contributed by atoms with Gasteiger partial charge in [-0.15, -0.1) is 0 Å². The highest BCUT2D eigenvalue weighted by atomic mass is 31.1. The molecule has 4 heterocycles. The van der Waals surface area contributed by atoms with Gasteiger partial charge in [0.1, 0.15) is 5.15 Å². The zero-order chi connectivity index (χ0) is 28.8. The van der Waals surface area contributed by atoms with Crippen LogP contribution in [0.1, 0.15) is 50.4 Å². The maximum atomic E-state index is 14.1. The number of ether oxygens (including phenoxy) is 1.